The summed E-state index contributed by atoms with van der Waals surface area (Å²) in [6, 6.07) is 3.23. The standard InChI is InChI=1S/C10H13F2N3O/c1-2-7(10(13)15-16)14-8-5-3-4-6(11)9(8)12/h3-5,7,14,16H,2H2,1H3,(H2,13,15). The summed E-state index contributed by atoms with van der Waals surface area (Å²) in [5.41, 5.74) is 5.37. The molecule has 4 N–H and O–H groups in total. The molecule has 0 saturated carbocycles. The molecule has 1 unspecified atom stereocenters. The second kappa shape index (κ2) is 5.29. The van der Waals surface area contributed by atoms with Crippen molar-refractivity contribution in [3.63, 3.8) is 0 Å². The number of oxime groups is 1. The van der Waals surface area contributed by atoms with Crippen LogP contribution in [-0.2, 0) is 0 Å². The summed E-state index contributed by atoms with van der Waals surface area (Å²) < 4.78 is 26.2. The summed E-state index contributed by atoms with van der Waals surface area (Å²) in [7, 11) is 0. The Morgan fingerprint density at radius 1 is 1.56 bits per heavy atom. The molecule has 0 aliphatic rings. The highest BCUT2D eigenvalue weighted by molar-refractivity contribution is 5.87. The normalized spacial score (nSPS) is 13.6. The maximum absolute atomic E-state index is 13.3. The first-order chi connectivity index (χ1) is 7.60. The molecule has 0 aromatic heterocycles. The molecule has 0 bridgehead atoms. The van der Waals surface area contributed by atoms with Crippen LogP contribution in [0.3, 0.4) is 0 Å². The van der Waals surface area contributed by atoms with E-state index < -0.39 is 17.7 Å². The molecule has 0 fully saturated rings. The third-order valence-electron chi connectivity index (χ3n) is 2.16. The number of amidine groups is 1. The van der Waals surface area contributed by atoms with E-state index in [4.69, 9.17) is 10.9 Å². The number of benzene rings is 1. The van der Waals surface area contributed by atoms with Crippen LogP contribution in [0.15, 0.2) is 23.4 Å². The highest BCUT2D eigenvalue weighted by atomic mass is 19.2. The zero-order chi connectivity index (χ0) is 12.1. The smallest absolute Gasteiger partial charge is 0.181 e. The van der Waals surface area contributed by atoms with E-state index in [1.54, 1.807) is 6.92 Å². The van der Waals surface area contributed by atoms with Gasteiger partial charge in [0.05, 0.1) is 11.7 Å². The van der Waals surface area contributed by atoms with E-state index in [0.29, 0.717) is 6.42 Å². The molecule has 88 valence electrons. The van der Waals surface area contributed by atoms with Crippen LogP contribution in [0.5, 0.6) is 0 Å². The Bertz CT molecular complexity index is 396. The summed E-state index contributed by atoms with van der Waals surface area (Å²) in [6.45, 7) is 1.77. The van der Waals surface area contributed by atoms with Gasteiger partial charge in [0.2, 0.25) is 0 Å². The molecule has 1 rings (SSSR count). The Kier molecular flexibility index (Phi) is 4.04. The first-order valence-corrected chi connectivity index (χ1v) is 4.78. The minimum atomic E-state index is -0.980. The number of rotatable bonds is 4. The lowest BCUT2D eigenvalue weighted by atomic mass is 10.2. The van der Waals surface area contributed by atoms with E-state index in [1.165, 1.54) is 12.1 Å². The first-order valence-electron chi connectivity index (χ1n) is 4.78. The number of hydrogen-bond donors (Lipinski definition) is 3. The SMILES string of the molecule is CCC(Nc1cccc(F)c1F)C(N)=NO. The van der Waals surface area contributed by atoms with Crippen molar-refractivity contribution in [3.8, 4) is 0 Å². The summed E-state index contributed by atoms with van der Waals surface area (Å²) in [5, 5.41) is 14.0. The molecular weight excluding hydrogens is 216 g/mol. The van der Waals surface area contributed by atoms with E-state index in [2.05, 4.69) is 10.5 Å². The number of halogens is 2. The van der Waals surface area contributed by atoms with Gasteiger partial charge in [-0.1, -0.05) is 18.1 Å². The van der Waals surface area contributed by atoms with Gasteiger partial charge in [-0.3, -0.25) is 0 Å². The fourth-order valence-corrected chi connectivity index (χ4v) is 1.26. The van der Waals surface area contributed by atoms with E-state index in [0.717, 1.165) is 6.07 Å². The van der Waals surface area contributed by atoms with Crippen LogP contribution in [0.4, 0.5) is 14.5 Å². The number of nitrogens with two attached hydrogens (primary N) is 1. The van der Waals surface area contributed by atoms with Crippen molar-refractivity contribution in [1.82, 2.24) is 0 Å². The van der Waals surface area contributed by atoms with E-state index in [1.807, 2.05) is 0 Å². The van der Waals surface area contributed by atoms with Crippen molar-refractivity contribution < 1.29 is 14.0 Å². The Hall–Kier alpha value is -1.85. The maximum atomic E-state index is 13.3. The lowest BCUT2D eigenvalue weighted by Crippen LogP contribution is -2.35. The number of hydrogen-bond acceptors (Lipinski definition) is 3. The molecule has 0 radical (unpaired) electrons. The number of nitrogens with one attached hydrogen (secondary N) is 1. The number of anilines is 1. The molecule has 0 saturated heterocycles. The van der Waals surface area contributed by atoms with Gasteiger partial charge < -0.3 is 16.3 Å². The van der Waals surface area contributed by atoms with Crippen LogP contribution in [0.1, 0.15) is 13.3 Å². The molecule has 1 aromatic carbocycles. The Balaban J connectivity index is 2.90. The molecule has 6 heteroatoms. The van der Waals surface area contributed by atoms with Crippen LogP contribution in [0, 0.1) is 11.6 Å². The van der Waals surface area contributed by atoms with Gasteiger partial charge in [0.25, 0.3) is 0 Å². The van der Waals surface area contributed by atoms with Crippen molar-refractivity contribution in [2.45, 2.75) is 19.4 Å². The largest absolute Gasteiger partial charge is 0.409 e. The first kappa shape index (κ1) is 12.2. The molecule has 16 heavy (non-hydrogen) atoms. The van der Waals surface area contributed by atoms with Crippen molar-refractivity contribution in [2.24, 2.45) is 10.9 Å². The molecule has 1 atom stereocenters. The topological polar surface area (TPSA) is 70.6 Å². The van der Waals surface area contributed by atoms with Gasteiger partial charge in [0, 0.05) is 0 Å². The molecule has 0 spiro atoms. The van der Waals surface area contributed by atoms with Crippen molar-refractivity contribution in [1.29, 1.82) is 0 Å². The quantitative estimate of drug-likeness (QED) is 0.319. The molecule has 4 nitrogen and oxygen atoms in total. The van der Waals surface area contributed by atoms with Crippen molar-refractivity contribution in [3.05, 3.63) is 29.8 Å². The molecule has 1 aromatic rings. The Labute approximate surface area is 91.8 Å². The van der Waals surface area contributed by atoms with Gasteiger partial charge in [-0.2, -0.15) is 0 Å². The van der Waals surface area contributed by atoms with Crippen LogP contribution in [0.25, 0.3) is 0 Å². The molecule has 0 aliphatic carbocycles. The lowest BCUT2D eigenvalue weighted by molar-refractivity contribution is 0.316. The van der Waals surface area contributed by atoms with Gasteiger partial charge in [0.1, 0.15) is 0 Å². The summed E-state index contributed by atoms with van der Waals surface area (Å²) in [6.07, 6.45) is 0.478. The third-order valence-corrected chi connectivity index (χ3v) is 2.16. The lowest BCUT2D eigenvalue weighted by Gasteiger charge is -2.17. The molecule has 0 aliphatic heterocycles. The van der Waals surface area contributed by atoms with E-state index in [-0.39, 0.29) is 11.5 Å². The minimum Gasteiger partial charge on any atom is -0.409 e. The van der Waals surface area contributed by atoms with E-state index in [9.17, 15) is 8.78 Å². The average Bonchev–Trinajstić information content (AvgIpc) is 2.30. The van der Waals surface area contributed by atoms with Gasteiger partial charge in [-0.25, -0.2) is 8.78 Å². The predicted octanol–water partition coefficient (Wildman–Crippen LogP) is 1.90. The second-order valence-corrected chi connectivity index (χ2v) is 3.23. The maximum Gasteiger partial charge on any atom is 0.181 e. The highest BCUT2D eigenvalue weighted by Gasteiger charge is 2.15. The van der Waals surface area contributed by atoms with Gasteiger partial charge in [-0.05, 0) is 18.6 Å². The third kappa shape index (κ3) is 2.59. The van der Waals surface area contributed by atoms with Crippen molar-refractivity contribution >= 4 is 11.5 Å². The van der Waals surface area contributed by atoms with Crippen LogP contribution in [-0.4, -0.2) is 17.1 Å². The summed E-state index contributed by atoms with van der Waals surface area (Å²) >= 11 is 0. The molecule has 0 heterocycles. The van der Waals surface area contributed by atoms with Gasteiger partial charge in [-0.15, -0.1) is 0 Å². The summed E-state index contributed by atoms with van der Waals surface area (Å²) in [5.74, 6) is -2.00. The monoisotopic (exact) mass is 229 g/mol. The van der Waals surface area contributed by atoms with Crippen LogP contribution < -0.4 is 11.1 Å². The Morgan fingerprint density at radius 2 is 2.25 bits per heavy atom. The van der Waals surface area contributed by atoms with Crippen molar-refractivity contribution in [2.75, 3.05) is 5.32 Å². The van der Waals surface area contributed by atoms with Gasteiger partial charge in [0.15, 0.2) is 17.5 Å². The Morgan fingerprint density at radius 3 is 2.81 bits per heavy atom. The average molecular weight is 229 g/mol. The number of nitrogens with zero attached hydrogens (tertiary/aromatic N) is 1. The van der Waals surface area contributed by atoms with Crippen LogP contribution in [0.2, 0.25) is 0 Å². The highest BCUT2D eigenvalue weighted by Crippen LogP contribution is 2.18. The summed E-state index contributed by atoms with van der Waals surface area (Å²) in [4.78, 5) is 0. The molecule has 0 amide bonds. The second-order valence-electron chi connectivity index (χ2n) is 3.23. The predicted molar refractivity (Wildman–Crippen MR) is 57.5 cm³/mol. The molecular formula is C10H13F2N3O. The zero-order valence-corrected chi connectivity index (χ0v) is 8.74. The van der Waals surface area contributed by atoms with Gasteiger partial charge >= 0.3 is 0 Å². The fraction of sp³-hybridized carbons (Fsp3) is 0.300. The van der Waals surface area contributed by atoms with E-state index >= 15 is 0 Å². The fourth-order valence-electron chi connectivity index (χ4n) is 1.26. The van der Waals surface area contributed by atoms with Crippen LogP contribution >= 0.6 is 0 Å². The minimum absolute atomic E-state index is 0.0153. The zero-order valence-electron chi connectivity index (χ0n) is 8.74.